The summed E-state index contributed by atoms with van der Waals surface area (Å²) in [4.78, 5) is 7.54. The lowest BCUT2D eigenvalue weighted by molar-refractivity contribution is 0.00506. The summed E-state index contributed by atoms with van der Waals surface area (Å²) in [5, 5.41) is 10.4. The van der Waals surface area contributed by atoms with E-state index in [4.69, 9.17) is 0 Å². The number of fused-ring (bicyclic) bond motifs is 2. The Labute approximate surface area is 111 Å². The number of rotatable bonds is 2. The van der Waals surface area contributed by atoms with Crippen LogP contribution in [0.15, 0.2) is 0 Å². The molecule has 0 aromatic carbocycles. The third kappa shape index (κ3) is 2.09. The topological polar surface area (TPSA) is 30.0 Å². The second-order valence-electron chi connectivity index (χ2n) is 6.74. The van der Waals surface area contributed by atoms with Gasteiger partial charge in [0.25, 0.3) is 0 Å². The van der Waals surface area contributed by atoms with E-state index < -0.39 is 0 Å². The lowest BCUT2D eigenvalue weighted by Crippen LogP contribution is -2.59. The number of aliphatic hydroxyl groups excluding tert-OH is 1. The lowest BCUT2D eigenvalue weighted by atomic mass is 10.1. The number of nitrogens with zero attached hydrogens (tertiary/aromatic N) is 3. The first-order chi connectivity index (χ1) is 8.56. The van der Waals surface area contributed by atoms with E-state index in [1.807, 2.05) is 0 Å². The highest BCUT2D eigenvalue weighted by atomic mass is 16.3. The van der Waals surface area contributed by atoms with Crippen molar-refractivity contribution in [2.75, 3.05) is 33.2 Å². The van der Waals surface area contributed by atoms with E-state index in [-0.39, 0.29) is 6.10 Å². The molecule has 0 saturated carbocycles. The van der Waals surface area contributed by atoms with Crippen LogP contribution in [0.25, 0.3) is 0 Å². The zero-order valence-corrected chi connectivity index (χ0v) is 11.9. The molecule has 0 radical (unpaired) electrons. The van der Waals surface area contributed by atoms with Crippen LogP contribution in [0.2, 0.25) is 0 Å². The Morgan fingerprint density at radius 2 is 1.61 bits per heavy atom. The van der Waals surface area contributed by atoms with Crippen LogP contribution in [0.4, 0.5) is 0 Å². The van der Waals surface area contributed by atoms with Crippen molar-refractivity contribution in [2.45, 2.75) is 57.0 Å². The van der Waals surface area contributed by atoms with E-state index >= 15 is 0 Å². The summed E-state index contributed by atoms with van der Waals surface area (Å²) in [5.41, 5.74) is 0. The van der Waals surface area contributed by atoms with E-state index in [0.29, 0.717) is 24.2 Å². The van der Waals surface area contributed by atoms with Gasteiger partial charge >= 0.3 is 0 Å². The molecule has 2 bridgehead atoms. The second-order valence-corrected chi connectivity index (χ2v) is 6.74. The molecule has 4 nitrogen and oxygen atoms in total. The standard InChI is InChI=1S/C14H27N3O/c1-10(2)16-8-13(14(18)9-16)17-11-4-5-12(17)7-15(3)6-11/h10-14,18H,4-9H2,1-3H3. The Morgan fingerprint density at radius 3 is 2.11 bits per heavy atom. The van der Waals surface area contributed by atoms with Crippen LogP contribution in [0.1, 0.15) is 26.7 Å². The van der Waals surface area contributed by atoms with Crippen LogP contribution < -0.4 is 0 Å². The van der Waals surface area contributed by atoms with E-state index in [9.17, 15) is 5.11 Å². The molecule has 0 amide bonds. The van der Waals surface area contributed by atoms with Gasteiger partial charge in [-0.3, -0.25) is 9.80 Å². The van der Waals surface area contributed by atoms with Crippen LogP contribution >= 0.6 is 0 Å². The summed E-state index contributed by atoms with van der Waals surface area (Å²) in [5.74, 6) is 0. The zero-order valence-electron chi connectivity index (χ0n) is 11.9. The highest BCUT2D eigenvalue weighted by Gasteiger charge is 2.47. The molecule has 0 aromatic rings. The van der Waals surface area contributed by atoms with Gasteiger partial charge in [-0.1, -0.05) is 0 Å². The van der Waals surface area contributed by atoms with Gasteiger partial charge in [0.05, 0.1) is 12.1 Å². The maximum atomic E-state index is 10.4. The van der Waals surface area contributed by atoms with Crippen LogP contribution in [-0.2, 0) is 0 Å². The minimum absolute atomic E-state index is 0.154. The first-order valence-electron chi connectivity index (χ1n) is 7.44. The average molecular weight is 253 g/mol. The summed E-state index contributed by atoms with van der Waals surface area (Å²) >= 11 is 0. The quantitative estimate of drug-likeness (QED) is 0.762. The summed E-state index contributed by atoms with van der Waals surface area (Å²) in [6.45, 7) is 8.73. The number of aliphatic hydroxyl groups is 1. The van der Waals surface area contributed by atoms with Gasteiger partial charge in [0.1, 0.15) is 0 Å². The van der Waals surface area contributed by atoms with Crippen molar-refractivity contribution in [1.82, 2.24) is 14.7 Å². The number of piperazine rings is 1. The molecule has 18 heavy (non-hydrogen) atoms. The molecule has 3 aliphatic heterocycles. The number of hydrogen-bond donors (Lipinski definition) is 1. The maximum absolute atomic E-state index is 10.4. The first-order valence-corrected chi connectivity index (χ1v) is 7.44. The second kappa shape index (κ2) is 4.75. The smallest absolute Gasteiger partial charge is 0.0834 e. The van der Waals surface area contributed by atoms with Gasteiger partial charge < -0.3 is 10.0 Å². The summed E-state index contributed by atoms with van der Waals surface area (Å²) < 4.78 is 0. The van der Waals surface area contributed by atoms with Gasteiger partial charge in [-0.25, -0.2) is 0 Å². The van der Waals surface area contributed by atoms with Crippen molar-refractivity contribution in [1.29, 1.82) is 0 Å². The predicted molar refractivity (Wildman–Crippen MR) is 72.6 cm³/mol. The van der Waals surface area contributed by atoms with E-state index in [1.54, 1.807) is 0 Å². The number of likely N-dealkylation sites (N-methyl/N-ethyl adjacent to an activating group) is 1. The Morgan fingerprint density at radius 1 is 1.00 bits per heavy atom. The zero-order chi connectivity index (χ0) is 12.9. The van der Waals surface area contributed by atoms with Gasteiger partial charge in [-0.05, 0) is 33.7 Å². The molecule has 3 aliphatic rings. The van der Waals surface area contributed by atoms with E-state index in [1.165, 1.54) is 25.9 Å². The summed E-state index contributed by atoms with van der Waals surface area (Å²) in [7, 11) is 2.23. The number of β-amino-alcohol motifs (C(OH)–C–C–N with tert-alkyl or cyclic N) is 1. The Kier molecular flexibility index (Phi) is 3.39. The Hall–Kier alpha value is -0.160. The third-order valence-corrected chi connectivity index (χ3v) is 5.12. The monoisotopic (exact) mass is 253 g/mol. The van der Waals surface area contributed by atoms with Crippen molar-refractivity contribution < 1.29 is 5.11 Å². The molecular formula is C14H27N3O. The molecule has 4 heteroatoms. The van der Waals surface area contributed by atoms with Crippen molar-refractivity contribution in [3.63, 3.8) is 0 Å². The highest BCUT2D eigenvalue weighted by Crippen LogP contribution is 2.34. The summed E-state index contributed by atoms with van der Waals surface area (Å²) in [6, 6.07) is 2.29. The fourth-order valence-corrected chi connectivity index (χ4v) is 4.20. The van der Waals surface area contributed by atoms with Gasteiger partial charge in [0, 0.05) is 44.3 Å². The molecule has 0 aliphatic carbocycles. The SMILES string of the molecule is CC(C)N1CC(O)C(N2C3CCC2CN(C)C3)C1. The van der Waals surface area contributed by atoms with Crippen LogP contribution in [0, 0.1) is 0 Å². The molecule has 3 fully saturated rings. The average Bonchev–Trinajstić information content (AvgIpc) is 2.78. The molecule has 0 spiro atoms. The molecule has 3 rings (SSSR count). The Bertz CT molecular complexity index is 295. The van der Waals surface area contributed by atoms with E-state index in [0.717, 1.165) is 13.1 Å². The normalized spacial score (nSPS) is 43.2. The minimum atomic E-state index is -0.154. The van der Waals surface area contributed by atoms with Gasteiger partial charge in [0.15, 0.2) is 0 Å². The molecule has 0 aromatic heterocycles. The van der Waals surface area contributed by atoms with Gasteiger partial charge in [-0.2, -0.15) is 0 Å². The summed E-state index contributed by atoms with van der Waals surface area (Å²) in [6.07, 6.45) is 2.48. The van der Waals surface area contributed by atoms with Crippen LogP contribution in [0.3, 0.4) is 0 Å². The number of hydrogen-bond acceptors (Lipinski definition) is 4. The third-order valence-electron chi connectivity index (χ3n) is 5.12. The molecule has 1 N–H and O–H groups in total. The van der Waals surface area contributed by atoms with Crippen molar-refractivity contribution in [3.05, 3.63) is 0 Å². The maximum Gasteiger partial charge on any atom is 0.0834 e. The molecule has 4 unspecified atom stereocenters. The van der Waals surface area contributed by atoms with Crippen LogP contribution in [0.5, 0.6) is 0 Å². The minimum Gasteiger partial charge on any atom is -0.390 e. The Balaban J connectivity index is 1.72. The largest absolute Gasteiger partial charge is 0.390 e. The predicted octanol–water partition coefficient (Wildman–Crippen LogP) is 0.218. The lowest BCUT2D eigenvalue weighted by Gasteiger charge is -2.43. The fourth-order valence-electron chi connectivity index (χ4n) is 4.20. The van der Waals surface area contributed by atoms with Crippen molar-refractivity contribution in [2.24, 2.45) is 0 Å². The van der Waals surface area contributed by atoms with Crippen molar-refractivity contribution in [3.8, 4) is 0 Å². The number of likely N-dealkylation sites (tertiary alicyclic amines) is 2. The van der Waals surface area contributed by atoms with Crippen molar-refractivity contribution >= 4 is 0 Å². The van der Waals surface area contributed by atoms with Crippen LogP contribution in [-0.4, -0.2) is 83.3 Å². The van der Waals surface area contributed by atoms with Gasteiger partial charge in [-0.15, -0.1) is 0 Å². The van der Waals surface area contributed by atoms with Gasteiger partial charge in [0.2, 0.25) is 0 Å². The first kappa shape index (κ1) is 12.9. The molecular weight excluding hydrogens is 226 g/mol. The fraction of sp³-hybridized carbons (Fsp3) is 1.00. The molecule has 3 heterocycles. The molecule has 4 atom stereocenters. The molecule has 104 valence electrons. The molecule has 3 saturated heterocycles. The van der Waals surface area contributed by atoms with E-state index in [2.05, 4.69) is 35.6 Å². The highest BCUT2D eigenvalue weighted by molar-refractivity contribution is 5.03.